The molecule has 0 aromatic rings. The molecule has 4 heteroatoms. The van der Waals surface area contributed by atoms with Crippen molar-refractivity contribution in [1.82, 2.24) is 10.6 Å². The van der Waals surface area contributed by atoms with Gasteiger partial charge in [0, 0.05) is 0 Å². The van der Waals surface area contributed by atoms with Gasteiger partial charge >= 0.3 is 0 Å². The van der Waals surface area contributed by atoms with Crippen molar-refractivity contribution in [1.29, 1.82) is 0 Å². The van der Waals surface area contributed by atoms with E-state index in [0.717, 1.165) is 6.42 Å². The van der Waals surface area contributed by atoms with Crippen molar-refractivity contribution in [3.8, 4) is 0 Å². The molecule has 0 aromatic carbocycles. The van der Waals surface area contributed by atoms with E-state index in [2.05, 4.69) is 10.6 Å². The maximum absolute atomic E-state index is 11.7. The van der Waals surface area contributed by atoms with Crippen molar-refractivity contribution < 1.29 is 9.59 Å². The van der Waals surface area contributed by atoms with Gasteiger partial charge in [0.25, 0.3) is 0 Å². The molecule has 2 N–H and O–H groups in total. The molecule has 4 nitrogen and oxygen atoms in total. The summed E-state index contributed by atoms with van der Waals surface area (Å²) in [7, 11) is 0. The fourth-order valence-electron chi connectivity index (χ4n) is 1.72. The lowest BCUT2D eigenvalue weighted by atomic mass is 9.93. The Labute approximate surface area is 90.8 Å². The first-order valence-corrected chi connectivity index (χ1v) is 5.58. The summed E-state index contributed by atoms with van der Waals surface area (Å²) in [5.41, 5.74) is 0. The van der Waals surface area contributed by atoms with Gasteiger partial charge in [0.1, 0.15) is 12.1 Å². The first kappa shape index (κ1) is 12.0. The number of rotatable bonds is 3. The molecule has 1 fully saturated rings. The molecular weight excluding hydrogens is 192 g/mol. The lowest BCUT2D eigenvalue weighted by Crippen LogP contribution is -2.64. The van der Waals surface area contributed by atoms with Crippen molar-refractivity contribution in [2.45, 2.75) is 46.2 Å². The molecule has 2 amide bonds. The third-order valence-corrected chi connectivity index (χ3v) is 3.04. The third-order valence-electron chi connectivity index (χ3n) is 3.04. The standard InChI is InChI=1S/C11H20N2O2/c1-5-7(4)9-11(15)12-8(6(2)3)10(14)13-9/h6-9H,5H2,1-4H3,(H,12,15)(H,13,14). The van der Waals surface area contributed by atoms with Gasteiger partial charge in [-0.3, -0.25) is 9.59 Å². The SMILES string of the molecule is CCC(C)C1NC(=O)C(C(C)C)NC1=O. The van der Waals surface area contributed by atoms with E-state index in [1.807, 2.05) is 27.7 Å². The van der Waals surface area contributed by atoms with Crippen LogP contribution in [0.15, 0.2) is 0 Å². The summed E-state index contributed by atoms with van der Waals surface area (Å²) in [5.74, 6) is 0.200. The normalized spacial score (nSPS) is 28.6. The molecule has 0 saturated carbocycles. The van der Waals surface area contributed by atoms with Gasteiger partial charge < -0.3 is 10.6 Å². The average molecular weight is 212 g/mol. The first-order valence-electron chi connectivity index (χ1n) is 5.58. The van der Waals surface area contributed by atoms with Crippen molar-refractivity contribution >= 4 is 11.8 Å². The summed E-state index contributed by atoms with van der Waals surface area (Å²) >= 11 is 0. The van der Waals surface area contributed by atoms with Gasteiger partial charge in [0.05, 0.1) is 0 Å². The largest absolute Gasteiger partial charge is 0.342 e. The van der Waals surface area contributed by atoms with Crippen LogP contribution in [0.2, 0.25) is 0 Å². The van der Waals surface area contributed by atoms with Crippen LogP contribution < -0.4 is 10.6 Å². The minimum atomic E-state index is -0.377. The molecule has 1 aliphatic rings. The molecule has 1 aliphatic heterocycles. The van der Waals surface area contributed by atoms with E-state index in [1.54, 1.807) is 0 Å². The maximum Gasteiger partial charge on any atom is 0.243 e. The predicted molar refractivity (Wildman–Crippen MR) is 58.2 cm³/mol. The second kappa shape index (κ2) is 4.64. The quantitative estimate of drug-likeness (QED) is 0.722. The van der Waals surface area contributed by atoms with Gasteiger partial charge in [-0.15, -0.1) is 0 Å². The highest BCUT2D eigenvalue weighted by molar-refractivity contribution is 5.97. The highest BCUT2D eigenvalue weighted by atomic mass is 16.2. The molecule has 86 valence electrons. The second-order valence-electron chi connectivity index (χ2n) is 4.60. The highest BCUT2D eigenvalue weighted by Gasteiger charge is 2.37. The Bertz CT molecular complexity index is 263. The van der Waals surface area contributed by atoms with E-state index in [4.69, 9.17) is 0 Å². The Morgan fingerprint density at radius 1 is 1.07 bits per heavy atom. The summed E-state index contributed by atoms with van der Waals surface area (Å²) in [5, 5.41) is 5.58. The van der Waals surface area contributed by atoms with E-state index < -0.39 is 0 Å². The van der Waals surface area contributed by atoms with Gasteiger partial charge in [-0.1, -0.05) is 34.1 Å². The maximum atomic E-state index is 11.7. The lowest BCUT2D eigenvalue weighted by Gasteiger charge is -2.34. The molecule has 3 unspecified atom stereocenters. The van der Waals surface area contributed by atoms with E-state index >= 15 is 0 Å². The molecular formula is C11H20N2O2. The second-order valence-corrected chi connectivity index (χ2v) is 4.60. The van der Waals surface area contributed by atoms with Crippen molar-refractivity contribution in [3.63, 3.8) is 0 Å². The molecule has 15 heavy (non-hydrogen) atoms. The number of carbonyl (C=O) groups is 2. The fraction of sp³-hybridized carbons (Fsp3) is 0.818. The van der Waals surface area contributed by atoms with Crippen LogP contribution in [0, 0.1) is 11.8 Å². The van der Waals surface area contributed by atoms with E-state index in [1.165, 1.54) is 0 Å². The summed E-state index contributed by atoms with van der Waals surface area (Å²) in [6.07, 6.45) is 0.880. The zero-order valence-corrected chi connectivity index (χ0v) is 9.83. The zero-order valence-electron chi connectivity index (χ0n) is 9.83. The number of amides is 2. The monoisotopic (exact) mass is 212 g/mol. The molecule has 1 saturated heterocycles. The topological polar surface area (TPSA) is 58.2 Å². The van der Waals surface area contributed by atoms with Gasteiger partial charge in [0.2, 0.25) is 11.8 Å². The Hall–Kier alpha value is -1.06. The number of carbonyl (C=O) groups excluding carboxylic acids is 2. The summed E-state index contributed by atoms with van der Waals surface area (Å²) in [6.45, 7) is 7.83. The summed E-state index contributed by atoms with van der Waals surface area (Å²) in [4.78, 5) is 23.4. The molecule has 0 aliphatic carbocycles. The number of hydrogen-bond acceptors (Lipinski definition) is 2. The van der Waals surface area contributed by atoms with Gasteiger partial charge in [-0.25, -0.2) is 0 Å². The van der Waals surface area contributed by atoms with Crippen LogP contribution in [-0.2, 0) is 9.59 Å². The van der Waals surface area contributed by atoms with Gasteiger partial charge in [0.15, 0.2) is 0 Å². The van der Waals surface area contributed by atoms with Crippen LogP contribution in [0.3, 0.4) is 0 Å². The van der Waals surface area contributed by atoms with Crippen LogP contribution in [0.1, 0.15) is 34.1 Å². The smallest absolute Gasteiger partial charge is 0.243 e. The van der Waals surface area contributed by atoms with E-state index in [-0.39, 0.29) is 35.7 Å². The van der Waals surface area contributed by atoms with E-state index in [9.17, 15) is 9.59 Å². The molecule has 1 rings (SSSR count). The van der Waals surface area contributed by atoms with Crippen molar-refractivity contribution in [2.24, 2.45) is 11.8 Å². The Morgan fingerprint density at radius 2 is 1.53 bits per heavy atom. The third kappa shape index (κ3) is 2.49. The number of piperazine rings is 1. The van der Waals surface area contributed by atoms with Crippen molar-refractivity contribution in [2.75, 3.05) is 0 Å². The molecule has 0 radical (unpaired) electrons. The van der Waals surface area contributed by atoms with Crippen LogP contribution in [0.4, 0.5) is 0 Å². The van der Waals surface area contributed by atoms with Crippen LogP contribution in [0.25, 0.3) is 0 Å². The predicted octanol–water partition coefficient (Wildman–Crippen LogP) is 0.672. The summed E-state index contributed by atoms with van der Waals surface area (Å²) < 4.78 is 0. The zero-order chi connectivity index (χ0) is 11.6. The minimum Gasteiger partial charge on any atom is -0.342 e. The van der Waals surface area contributed by atoms with E-state index in [0.29, 0.717) is 0 Å². The van der Waals surface area contributed by atoms with Crippen molar-refractivity contribution in [3.05, 3.63) is 0 Å². The number of hydrogen-bond donors (Lipinski definition) is 2. The molecule has 3 atom stereocenters. The van der Waals surface area contributed by atoms with Crippen LogP contribution in [-0.4, -0.2) is 23.9 Å². The molecule has 0 bridgehead atoms. The van der Waals surface area contributed by atoms with Crippen LogP contribution >= 0.6 is 0 Å². The molecule has 1 heterocycles. The van der Waals surface area contributed by atoms with Crippen LogP contribution in [0.5, 0.6) is 0 Å². The van der Waals surface area contributed by atoms with Gasteiger partial charge in [-0.05, 0) is 11.8 Å². The number of nitrogens with one attached hydrogen (secondary N) is 2. The minimum absolute atomic E-state index is 0.0531. The van der Waals surface area contributed by atoms with Gasteiger partial charge in [-0.2, -0.15) is 0 Å². The average Bonchev–Trinajstić information content (AvgIpc) is 2.19. The Morgan fingerprint density at radius 3 is 2.00 bits per heavy atom. The lowest BCUT2D eigenvalue weighted by molar-refractivity contribution is -0.139. The summed E-state index contributed by atoms with van der Waals surface area (Å²) in [6, 6.07) is -0.740. The Kier molecular flexibility index (Phi) is 3.72. The molecule has 0 aromatic heterocycles. The first-order chi connectivity index (χ1) is 6.97. The highest BCUT2D eigenvalue weighted by Crippen LogP contribution is 2.14. The Balaban J connectivity index is 2.71. The molecule has 0 spiro atoms. The fourth-order valence-corrected chi connectivity index (χ4v) is 1.72.